The molecule has 76 valence electrons. The summed E-state index contributed by atoms with van der Waals surface area (Å²) < 4.78 is 0. The monoisotopic (exact) mass is 193 g/mol. The van der Waals surface area contributed by atoms with Gasteiger partial charge in [0.15, 0.2) is 0 Å². The van der Waals surface area contributed by atoms with Crippen molar-refractivity contribution < 1.29 is 9.90 Å². The van der Waals surface area contributed by atoms with Gasteiger partial charge in [-0.15, -0.1) is 0 Å². The molecule has 0 fully saturated rings. The number of carbonyl (C=O) groups is 1. The molecule has 1 rings (SSSR count). The number of benzene rings is 1. The first-order valence-electron chi connectivity index (χ1n) is 4.76. The minimum Gasteiger partial charge on any atom is -0.396 e. The third-order valence-electron chi connectivity index (χ3n) is 2.01. The Balaban J connectivity index is 2.77. The van der Waals surface area contributed by atoms with Gasteiger partial charge in [-0.05, 0) is 19.1 Å². The van der Waals surface area contributed by atoms with Crippen LogP contribution in [-0.2, 0) is 4.79 Å². The molecule has 0 bridgehead atoms. The zero-order valence-electron chi connectivity index (χ0n) is 8.31. The number of amides is 1. The van der Waals surface area contributed by atoms with Crippen LogP contribution in [-0.4, -0.2) is 24.2 Å². The van der Waals surface area contributed by atoms with Gasteiger partial charge in [-0.1, -0.05) is 18.2 Å². The van der Waals surface area contributed by atoms with Crippen LogP contribution in [0.15, 0.2) is 30.3 Å². The summed E-state index contributed by atoms with van der Waals surface area (Å²) in [4.78, 5) is 13.2. The lowest BCUT2D eigenvalue weighted by atomic mass is 10.2. The summed E-state index contributed by atoms with van der Waals surface area (Å²) in [5, 5.41) is 8.68. The van der Waals surface area contributed by atoms with Crippen molar-refractivity contribution in [3.8, 4) is 0 Å². The average Bonchev–Trinajstić information content (AvgIpc) is 2.21. The molecule has 0 saturated carbocycles. The Kier molecular flexibility index (Phi) is 4.13. The topological polar surface area (TPSA) is 40.5 Å². The highest BCUT2D eigenvalue weighted by Gasteiger charge is 2.11. The minimum absolute atomic E-state index is 0.0406. The van der Waals surface area contributed by atoms with Crippen molar-refractivity contribution in [1.29, 1.82) is 0 Å². The Morgan fingerprint density at radius 1 is 1.36 bits per heavy atom. The Bertz CT molecular complexity index is 285. The van der Waals surface area contributed by atoms with Crippen molar-refractivity contribution in [3.63, 3.8) is 0 Å². The van der Waals surface area contributed by atoms with E-state index in [1.807, 2.05) is 37.3 Å². The number of hydrogen-bond donors (Lipinski definition) is 1. The fourth-order valence-corrected chi connectivity index (χ4v) is 1.34. The molecule has 3 nitrogen and oxygen atoms in total. The van der Waals surface area contributed by atoms with Crippen LogP contribution in [0.1, 0.15) is 13.3 Å². The van der Waals surface area contributed by atoms with E-state index in [-0.39, 0.29) is 18.9 Å². The molecule has 1 aromatic carbocycles. The lowest BCUT2D eigenvalue weighted by Crippen LogP contribution is -2.30. The molecule has 0 radical (unpaired) electrons. The summed E-state index contributed by atoms with van der Waals surface area (Å²) in [5.74, 6) is -0.0406. The third-order valence-corrected chi connectivity index (χ3v) is 2.01. The normalized spacial score (nSPS) is 9.86. The number of hydrogen-bond acceptors (Lipinski definition) is 2. The standard InChI is InChI=1S/C11H15NO2/c1-2-12(11(14)8-9-13)10-6-4-3-5-7-10/h3-7,13H,2,8-9H2,1H3. The smallest absolute Gasteiger partial charge is 0.229 e. The number of aliphatic hydroxyl groups is 1. The van der Waals surface area contributed by atoms with Gasteiger partial charge in [0.25, 0.3) is 0 Å². The molecule has 1 amide bonds. The molecule has 0 aromatic heterocycles. The second kappa shape index (κ2) is 5.40. The molecule has 14 heavy (non-hydrogen) atoms. The fourth-order valence-electron chi connectivity index (χ4n) is 1.34. The van der Waals surface area contributed by atoms with E-state index in [4.69, 9.17) is 5.11 Å². The van der Waals surface area contributed by atoms with Gasteiger partial charge in [0.05, 0.1) is 13.0 Å². The van der Waals surface area contributed by atoms with Crippen LogP contribution in [0.3, 0.4) is 0 Å². The minimum atomic E-state index is -0.0951. The summed E-state index contributed by atoms with van der Waals surface area (Å²) in [7, 11) is 0. The molecular formula is C11H15NO2. The zero-order chi connectivity index (χ0) is 10.4. The lowest BCUT2D eigenvalue weighted by Gasteiger charge is -2.20. The maximum Gasteiger partial charge on any atom is 0.229 e. The highest BCUT2D eigenvalue weighted by atomic mass is 16.3. The van der Waals surface area contributed by atoms with Crippen molar-refractivity contribution in [2.24, 2.45) is 0 Å². The Labute approximate surface area is 84.0 Å². The molecule has 0 saturated heterocycles. The van der Waals surface area contributed by atoms with Crippen LogP contribution in [0.5, 0.6) is 0 Å². The first-order chi connectivity index (χ1) is 6.79. The molecule has 0 spiro atoms. The number of anilines is 1. The van der Waals surface area contributed by atoms with Crippen molar-refractivity contribution in [2.45, 2.75) is 13.3 Å². The molecule has 0 aliphatic carbocycles. The number of aliphatic hydroxyl groups excluding tert-OH is 1. The lowest BCUT2D eigenvalue weighted by molar-refractivity contribution is -0.119. The SMILES string of the molecule is CCN(C(=O)CCO)c1ccccc1. The van der Waals surface area contributed by atoms with Gasteiger partial charge in [0, 0.05) is 12.2 Å². The largest absolute Gasteiger partial charge is 0.396 e. The summed E-state index contributed by atoms with van der Waals surface area (Å²) >= 11 is 0. The van der Waals surface area contributed by atoms with E-state index in [2.05, 4.69) is 0 Å². The average molecular weight is 193 g/mol. The van der Waals surface area contributed by atoms with Crippen LogP contribution in [0.25, 0.3) is 0 Å². The predicted octanol–water partition coefficient (Wildman–Crippen LogP) is 1.42. The van der Waals surface area contributed by atoms with Crippen molar-refractivity contribution >= 4 is 11.6 Å². The van der Waals surface area contributed by atoms with Crippen LogP contribution < -0.4 is 4.90 Å². The van der Waals surface area contributed by atoms with Crippen LogP contribution >= 0.6 is 0 Å². The predicted molar refractivity (Wildman–Crippen MR) is 56.2 cm³/mol. The number of carbonyl (C=O) groups excluding carboxylic acids is 1. The van der Waals surface area contributed by atoms with E-state index in [1.54, 1.807) is 4.90 Å². The molecule has 0 heterocycles. The molecule has 3 heteroatoms. The highest BCUT2D eigenvalue weighted by Crippen LogP contribution is 2.13. The Morgan fingerprint density at radius 2 is 2.00 bits per heavy atom. The molecular weight excluding hydrogens is 178 g/mol. The van der Waals surface area contributed by atoms with E-state index in [0.29, 0.717) is 6.54 Å². The third kappa shape index (κ3) is 2.57. The first-order valence-corrected chi connectivity index (χ1v) is 4.76. The summed E-state index contributed by atoms with van der Waals surface area (Å²) in [6.45, 7) is 2.45. The summed E-state index contributed by atoms with van der Waals surface area (Å²) in [6, 6.07) is 9.47. The zero-order valence-corrected chi connectivity index (χ0v) is 8.31. The van der Waals surface area contributed by atoms with Crippen molar-refractivity contribution in [1.82, 2.24) is 0 Å². The fraction of sp³-hybridized carbons (Fsp3) is 0.364. The van der Waals surface area contributed by atoms with E-state index >= 15 is 0 Å². The van der Waals surface area contributed by atoms with E-state index in [9.17, 15) is 4.79 Å². The maximum atomic E-state index is 11.5. The number of para-hydroxylation sites is 1. The van der Waals surface area contributed by atoms with E-state index < -0.39 is 0 Å². The number of rotatable bonds is 4. The Hall–Kier alpha value is -1.35. The van der Waals surface area contributed by atoms with Crippen LogP contribution in [0.4, 0.5) is 5.69 Å². The van der Waals surface area contributed by atoms with Gasteiger partial charge < -0.3 is 10.0 Å². The van der Waals surface area contributed by atoms with E-state index in [0.717, 1.165) is 5.69 Å². The van der Waals surface area contributed by atoms with Gasteiger partial charge >= 0.3 is 0 Å². The van der Waals surface area contributed by atoms with Crippen molar-refractivity contribution in [3.05, 3.63) is 30.3 Å². The summed E-state index contributed by atoms with van der Waals surface area (Å²) in [5.41, 5.74) is 0.883. The maximum absolute atomic E-state index is 11.5. The molecule has 0 aliphatic heterocycles. The van der Waals surface area contributed by atoms with Gasteiger partial charge in [0.1, 0.15) is 0 Å². The van der Waals surface area contributed by atoms with Gasteiger partial charge in [-0.25, -0.2) is 0 Å². The van der Waals surface area contributed by atoms with Gasteiger partial charge in [0.2, 0.25) is 5.91 Å². The van der Waals surface area contributed by atoms with Crippen LogP contribution in [0.2, 0.25) is 0 Å². The molecule has 1 N–H and O–H groups in total. The van der Waals surface area contributed by atoms with Crippen LogP contribution in [0, 0.1) is 0 Å². The van der Waals surface area contributed by atoms with Gasteiger partial charge in [-0.3, -0.25) is 4.79 Å². The second-order valence-electron chi connectivity index (χ2n) is 2.95. The van der Waals surface area contributed by atoms with Gasteiger partial charge in [-0.2, -0.15) is 0 Å². The molecule has 0 unspecified atom stereocenters. The first kappa shape index (κ1) is 10.7. The van der Waals surface area contributed by atoms with E-state index in [1.165, 1.54) is 0 Å². The molecule has 1 aromatic rings. The Morgan fingerprint density at radius 3 is 2.50 bits per heavy atom. The molecule has 0 atom stereocenters. The quantitative estimate of drug-likeness (QED) is 0.785. The van der Waals surface area contributed by atoms with Crippen molar-refractivity contribution in [2.75, 3.05) is 18.1 Å². The highest BCUT2D eigenvalue weighted by molar-refractivity contribution is 5.93. The second-order valence-corrected chi connectivity index (χ2v) is 2.95. The molecule has 0 aliphatic rings. The summed E-state index contributed by atoms with van der Waals surface area (Å²) in [6.07, 6.45) is 0.183. The number of nitrogens with zero attached hydrogens (tertiary/aromatic N) is 1.